The van der Waals surface area contributed by atoms with E-state index in [-0.39, 0.29) is 5.91 Å². The van der Waals surface area contributed by atoms with E-state index in [9.17, 15) is 4.79 Å². The van der Waals surface area contributed by atoms with E-state index in [2.05, 4.69) is 37.1 Å². The molecule has 1 aromatic heterocycles. The highest BCUT2D eigenvalue weighted by molar-refractivity contribution is 9.10. The second-order valence-electron chi connectivity index (χ2n) is 2.81. The van der Waals surface area contributed by atoms with Crippen LogP contribution < -0.4 is 3.93 Å². The molecule has 0 unspecified atom stereocenters. The molecule has 0 spiro atoms. The van der Waals surface area contributed by atoms with Gasteiger partial charge in [-0.05, 0) is 34.0 Å². The first kappa shape index (κ1) is 9.15. The molecule has 1 aliphatic heterocycles. The van der Waals surface area contributed by atoms with Crippen LogP contribution in [-0.4, -0.2) is 10.9 Å². The van der Waals surface area contributed by atoms with E-state index < -0.39 is 0 Å². The highest BCUT2D eigenvalue weighted by Gasteiger charge is 2.23. The fraction of sp³-hybridized carbons (Fsp3) is 0.250. The van der Waals surface area contributed by atoms with Gasteiger partial charge in [-0.3, -0.25) is 4.79 Å². The zero-order valence-electron chi connectivity index (χ0n) is 6.63. The van der Waals surface area contributed by atoms with Gasteiger partial charge in [0.1, 0.15) is 5.82 Å². The van der Waals surface area contributed by atoms with Crippen LogP contribution in [0.3, 0.4) is 0 Å². The highest BCUT2D eigenvalue weighted by atomic mass is 79.9. The Bertz CT molecular complexity index is 367. The van der Waals surface area contributed by atoms with Crippen molar-refractivity contribution >= 4 is 43.8 Å². The fourth-order valence-corrected chi connectivity index (χ4v) is 2.17. The highest BCUT2D eigenvalue weighted by Crippen LogP contribution is 2.29. The molecular weight excluding hydrogens is 300 g/mol. The lowest BCUT2D eigenvalue weighted by molar-refractivity contribution is -0.117. The molecule has 0 radical (unpaired) electrons. The van der Waals surface area contributed by atoms with Crippen LogP contribution in [0.15, 0.2) is 16.7 Å². The van der Waals surface area contributed by atoms with Crippen LogP contribution in [0.2, 0.25) is 0 Å². The van der Waals surface area contributed by atoms with Crippen LogP contribution in [0.1, 0.15) is 12.0 Å². The number of aromatic nitrogens is 1. The molecule has 1 aliphatic rings. The van der Waals surface area contributed by atoms with Crippen LogP contribution >= 0.6 is 32.1 Å². The zero-order chi connectivity index (χ0) is 9.42. The number of carbonyl (C=O) groups is 1. The molecule has 2 rings (SSSR count). The van der Waals surface area contributed by atoms with Crippen LogP contribution in [-0.2, 0) is 11.2 Å². The largest absolute Gasteiger partial charge is 0.274 e. The van der Waals surface area contributed by atoms with Crippen LogP contribution in [0.25, 0.3) is 0 Å². The lowest BCUT2D eigenvalue weighted by atomic mass is 10.1. The summed E-state index contributed by atoms with van der Waals surface area (Å²) in [5.41, 5.74) is 1.09. The third-order valence-electron chi connectivity index (χ3n) is 1.92. The molecule has 2 heterocycles. The maximum absolute atomic E-state index is 11.3. The minimum atomic E-state index is 0.0577. The third kappa shape index (κ3) is 1.62. The van der Waals surface area contributed by atoms with Crippen molar-refractivity contribution in [2.75, 3.05) is 3.93 Å². The van der Waals surface area contributed by atoms with Crippen molar-refractivity contribution in [1.29, 1.82) is 0 Å². The number of anilines is 1. The molecule has 68 valence electrons. The van der Waals surface area contributed by atoms with E-state index >= 15 is 0 Å². The van der Waals surface area contributed by atoms with Crippen LogP contribution in [0.4, 0.5) is 5.82 Å². The Balaban J connectivity index is 2.49. The minimum Gasteiger partial charge on any atom is -0.274 e. The summed E-state index contributed by atoms with van der Waals surface area (Å²) in [6.45, 7) is 0. The van der Waals surface area contributed by atoms with Gasteiger partial charge in [0.2, 0.25) is 5.91 Å². The number of pyridine rings is 1. The quantitative estimate of drug-likeness (QED) is 0.690. The molecule has 0 N–H and O–H groups in total. The molecule has 13 heavy (non-hydrogen) atoms. The molecule has 0 saturated carbocycles. The Hall–Kier alpha value is -0.420. The number of halogens is 2. The van der Waals surface area contributed by atoms with E-state index in [1.807, 2.05) is 6.07 Å². The third-order valence-corrected chi connectivity index (χ3v) is 3.09. The Kier molecular flexibility index (Phi) is 2.38. The molecular formula is C8H6Br2N2O. The number of amides is 1. The Labute approximate surface area is 92.6 Å². The SMILES string of the molecule is O=C1CCc2cc(Br)cnc2N1Br. The number of aryl methyl sites for hydroxylation is 1. The van der Waals surface area contributed by atoms with Crippen molar-refractivity contribution in [3.05, 3.63) is 22.3 Å². The molecule has 0 atom stereocenters. The van der Waals surface area contributed by atoms with Crippen molar-refractivity contribution < 1.29 is 4.79 Å². The normalized spacial score (nSPS) is 15.8. The number of carbonyl (C=O) groups excluding carboxylic acids is 1. The molecule has 5 heteroatoms. The maximum atomic E-state index is 11.3. The lowest BCUT2D eigenvalue weighted by Crippen LogP contribution is -2.26. The Morgan fingerprint density at radius 1 is 1.46 bits per heavy atom. The molecule has 1 amide bonds. The van der Waals surface area contributed by atoms with Gasteiger partial charge in [0, 0.05) is 17.1 Å². The van der Waals surface area contributed by atoms with Crippen molar-refractivity contribution in [1.82, 2.24) is 4.98 Å². The second kappa shape index (κ2) is 3.38. The molecule has 3 nitrogen and oxygen atoms in total. The van der Waals surface area contributed by atoms with Gasteiger partial charge < -0.3 is 0 Å². The Morgan fingerprint density at radius 2 is 2.23 bits per heavy atom. The molecule has 0 aromatic carbocycles. The predicted molar refractivity (Wildman–Crippen MR) is 56.7 cm³/mol. The number of rotatable bonds is 0. The number of nitrogens with zero attached hydrogens (tertiary/aromatic N) is 2. The smallest absolute Gasteiger partial charge is 0.238 e. The van der Waals surface area contributed by atoms with Crippen molar-refractivity contribution in [3.8, 4) is 0 Å². The Morgan fingerprint density at radius 3 is 3.00 bits per heavy atom. The average molecular weight is 306 g/mol. The van der Waals surface area contributed by atoms with E-state index in [1.54, 1.807) is 6.20 Å². The molecule has 0 fully saturated rings. The van der Waals surface area contributed by atoms with Crippen molar-refractivity contribution in [2.24, 2.45) is 0 Å². The molecule has 0 aliphatic carbocycles. The van der Waals surface area contributed by atoms with E-state index in [1.165, 1.54) is 3.93 Å². The van der Waals surface area contributed by atoms with Gasteiger partial charge in [0.05, 0.1) is 16.1 Å². The second-order valence-corrected chi connectivity index (χ2v) is 4.44. The lowest BCUT2D eigenvalue weighted by Gasteiger charge is -2.21. The van der Waals surface area contributed by atoms with Gasteiger partial charge in [-0.25, -0.2) is 8.91 Å². The summed E-state index contributed by atoms with van der Waals surface area (Å²) in [5, 5.41) is 0. The fourth-order valence-electron chi connectivity index (χ4n) is 1.29. The van der Waals surface area contributed by atoms with Crippen LogP contribution in [0.5, 0.6) is 0 Å². The van der Waals surface area contributed by atoms with Gasteiger partial charge in [0.25, 0.3) is 0 Å². The summed E-state index contributed by atoms with van der Waals surface area (Å²) < 4.78 is 2.37. The summed E-state index contributed by atoms with van der Waals surface area (Å²) >= 11 is 6.53. The van der Waals surface area contributed by atoms with Crippen LogP contribution in [0, 0.1) is 0 Å². The van der Waals surface area contributed by atoms with E-state index in [0.717, 1.165) is 16.5 Å². The first-order chi connectivity index (χ1) is 6.18. The summed E-state index contributed by atoms with van der Waals surface area (Å²) in [7, 11) is 0. The van der Waals surface area contributed by atoms with Gasteiger partial charge in [-0.1, -0.05) is 0 Å². The summed E-state index contributed by atoms with van der Waals surface area (Å²) in [4.78, 5) is 15.4. The van der Waals surface area contributed by atoms with Gasteiger partial charge in [0.15, 0.2) is 0 Å². The molecule has 1 aromatic rings. The topological polar surface area (TPSA) is 33.2 Å². The van der Waals surface area contributed by atoms with Gasteiger partial charge >= 0.3 is 0 Å². The summed E-state index contributed by atoms with van der Waals surface area (Å²) in [6, 6.07) is 1.99. The summed E-state index contributed by atoms with van der Waals surface area (Å²) in [6.07, 6.45) is 2.99. The molecule has 0 bridgehead atoms. The van der Waals surface area contributed by atoms with E-state index in [0.29, 0.717) is 12.2 Å². The molecule has 0 saturated heterocycles. The summed E-state index contributed by atoms with van der Waals surface area (Å²) in [5.74, 6) is 0.766. The van der Waals surface area contributed by atoms with Crippen molar-refractivity contribution in [2.45, 2.75) is 12.8 Å². The first-order valence-electron chi connectivity index (χ1n) is 3.81. The van der Waals surface area contributed by atoms with Gasteiger partial charge in [-0.2, -0.15) is 0 Å². The van der Waals surface area contributed by atoms with Gasteiger partial charge in [-0.15, -0.1) is 0 Å². The van der Waals surface area contributed by atoms with E-state index in [4.69, 9.17) is 0 Å². The first-order valence-corrected chi connectivity index (χ1v) is 5.32. The van der Waals surface area contributed by atoms with Crippen molar-refractivity contribution in [3.63, 3.8) is 0 Å². The maximum Gasteiger partial charge on any atom is 0.238 e. The number of hydrogen-bond acceptors (Lipinski definition) is 2. The standard InChI is InChI=1S/C8H6Br2N2O/c9-6-3-5-1-2-7(13)12(10)8(5)11-4-6/h3-4H,1-2H2. The monoisotopic (exact) mass is 304 g/mol. The number of hydrogen-bond donors (Lipinski definition) is 0. The number of fused-ring (bicyclic) bond motifs is 1. The predicted octanol–water partition coefficient (Wildman–Crippen LogP) is 2.43. The minimum absolute atomic E-state index is 0.0577. The average Bonchev–Trinajstić information content (AvgIpc) is 2.12. The zero-order valence-corrected chi connectivity index (χ0v) is 9.80.